The van der Waals surface area contributed by atoms with E-state index >= 15 is 0 Å². The van der Waals surface area contributed by atoms with Crippen LogP contribution in [-0.4, -0.2) is 51.7 Å². The van der Waals surface area contributed by atoms with Crippen LogP contribution in [0.1, 0.15) is 34.5 Å². The van der Waals surface area contributed by atoms with Gasteiger partial charge in [-0.3, -0.25) is 14.4 Å². The molecule has 0 N–H and O–H groups in total. The minimum atomic E-state index is -0.0846. The van der Waals surface area contributed by atoms with Gasteiger partial charge in [0, 0.05) is 51.0 Å². The average molecular weight is 443 g/mol. The van der Waals surface area contributed by atoms with E-state index in [1.54, 1.807) is 24.3 Å². The Kier molecular flexibility index (Phi) is 6.63. The van der Waals surface area contributed by atoms with Crippen molar-refractivity contribution in [3.8, 4) is 5.75 Å². The molecule has 0 radical (unpaired) electrons. The molecule has 0 aliphatic carbocycles. The molecule has 7 nitrogen and oxygen atoms in total. The maximum Gasteiger partial charge on any atom is 0.289 e. The Bertz CT molecular complexity index is 1040. The van der Waals surface area contributed by atoms with Gasteiger partial charge in [-0.25, -0.2) is 0 Å². The van der Waals surface area contributed by atoms with E-state index in [9.17, 15) is 4.79 Å². The van der Waals surface area contributed by atoms with E-state index in [1.807, 2.05) is 28.6 Å². The van der Waals surface area contributed by atoms with Gasteiger partial charge in [0.05, 0.1) is 10.7 Å². The van der Waals surface area contributed by atoms with Gasteiger partial charge in [0.1, 0.15) is 18.1 Å². The highest BCUT2D eigenvalue weighted by atomic mass is 35.5. The monoisotopic (exact) mass is 442 g/mol. The topological polar surface area (TPSA) is 63.7 Å². The quantitative estimate of drug-likeness (QED) is 0.553. The first-order valence-corrected chi connectivity index (χ1v) is 10.9. The first kappa shape index (κ1) is 21.5. The molecule has 164 valence electrons. The van der Waals surface area contributed by atoms with Crippen molar-refractivity contribution in [1.29, 1.82) is 0 Å². The molecular formula is C23H27ClN4O3. The highest BCUT2D eigenvalue weighted by Crippen LogP contribution is 2.24. The van der Waals surface area contributed by atoms with Crippen LogP contribution in [0.3, 0.4) is 0 Å². The summed E-state index contributed by atoms with van der Waals surface area (Å²) in [7, 11) is 0. The number of rotatable bonds is 7. The smallest absolute Gasteiger partial charge is 0.289 e. The van der Waals surface area contributed by atoms with Crippen LogP contribution in [0.4, 0.5) is 0 Å². The molecule has 1 aromatic carbocycles. The molecule has 0 atom stereocenters. The van der Waals surface area contributed by atoms with E-state index in [0.29, 0.717) is 35.4 Å². The molecule has 3 heterocycles. The molecule has 0 spiro atoms. The standard InChI is InChI=1S/C23H27ClN4O3/c1-3-28-15-18(17(2)25-28)14-26-10-12-27(13-11-26)23(29)22-9-8-19(31-22)16-30-21-7-5-4-6-20(21)24/h4-9,15H,3,10-14,16H2,1-2H3. The molecule has 4 rings (SSSR count). The number of aromatic nitrogens is 2. The summed E-state index contributed by atoms with van der Waals surface area (Å²) in [4.78, 5) is 17.0. The fourth-order valence-electron chi connectivity index (χ4n) is 3.66. The lowest BCUT2D eigenvalue weighted by Gasteiger charge is -2.34. The zero-order chi connectivity index (χ0) is 21.8. The summed E-state index contributed by atoms with van der Waals surface area (Å²) in [5.41, 5.74) is 2.32. The second-order valence-corrected chi connectivity index (χ2v) is 8.06. The number of para-hydroxylation sites is 1. The Morgan fingerprint density at radius 1 is 1.16 bits per heavy atom. The highest BCUT2D eigenvalue weighted by molar-refractivity contribution is 6.32. The summed E-state index contributed by atoms with van der Waals surface area (Å²) in [6.45, 7) is 9.08. The van der Waals surface area contributed by atoms with Gasteiger partial charge >= 0.3 is 0 Å². The lowest BCUT2D eigenvalue weighted by atomic mass is 10.2. The Labute approximate surface area is 187 Å². The van der Waals surface area contributed by atoms with E-state index < -0.39 is 0 Å². The summed E-state index contributed by atoms with van der Waals surface area (Å²) in [6.07, 6.45) is 2.11. The summed E-state index contributed by atoms with van der Waals surface area (Å²) in [6, 6.07) is 10.8. The van der Waals surface area contributed by atoms with Crippen LogP contribution in [-0.2, 0) is 19.7 Å². The molecule has 2 aromatic heterocycles. The van der Waals surface area contributed by atoms with Crippen molar-refractivity contribution in [2.75, 3.05) is 26.2 Å². The van der Waals surface area contributed by atoms with E-state index in [1.165, 1.54) is 5.56 Å². The number of amides is 1. The van der Waals surface area contributed by atoms with Crippen molar-refractivity contribution in [2.24, 2.45) is 0 Å². The van der Waals surface area contributed by atoms with Crippen molar-refractivity contribution in [2.45, 2.75) is 33.5 Å². The third kappa shape index (κ3) is 5.11. The molecule has 8 heteroatoms. The second kappa shape index (κ2) is 9.58. The van der Waals surface area contributed by atoms with Gasteiger partial charge in [-0.15, -0.1) is 0 Å². The van der Waals surface area contributed by atoms with E-state index in [-0.39, 0.29) is 12.5 Å². The summed E-state index contributed by atoms with van der Waals surface area (Å²) in [5.74, 6) is 1.43. The van der Waals surface area contributed by atoms with Gasteiger partial charge in [-0.1, -0.05) is 23.7 Å². The molecular weight excluding hydrogens is 416 g/mol. The number of furan rings is 1. The molecule has 1 aliphatic heterocycles. The number of carbonyl (C=O) groups excluding carboxylic acids is 1. The van der Waals surface area contributed by atoms with Gasteiger partial charge in [0.25, 0.3) is 5.91 Å². The third-order valence-electron chi connectivity index (χ3n) is 5.50. The normalized spacial score (nSPS) is 14.7. The van der Waals surface area contributed by atoms with Crippen LogP contribution in [0, 0.1) is 6.92 Å². The fourth-order valence-corrected chi connectivity index (χ4v) is 3.85. The van der Waals surface area contributed by atoms with Crippen molar-refractivity contribution < 1.29 is 13.9 Å². The SMILES string of the molecule is CCn1cc(CN2CCN(C(=O)c3ccc(COc4ccccc4Cl)o3)CC2)c(C)n1. The lowest BCUT2D eigenvalue weighted by molar-refractivity contribution is 0.0594. The first-order chi connectivity index (χ1) is 15.0. The summed E-state index contributed by atoms with van der Waals surface area (Å²) < 4.78 is 13.4. The number of halogens is 1. The number of hydrogen-bond acceptors (Lipinski definition) is 5. The molecule has 1 fully saturated rings. The molecule has 1 amide bonds. The Balaban J connectivity index is 1.28. The number of piperazine rings is 1. The molecule has 0 unspecified atom stereocenters. The van der Waals surface area contributed by atoms with Crippen LogP contribution in [0.15, 0.2) is 47.0 Å². The maximum atomic E-state index is 12.8. The van der Waals surface area contributed by atoms with Crippen molar-refractivity contribution in [3.05, 3.63) is 70.4 Å². The van der Waals surface area contributed by atoms with Gasteiger partial charge in [-0.2, -0.15) is 5.10 Å². The molecule has 3 aromatic rings. The van der Waals surface area contributed by atoms with Gasteiger partial charge in [-0.05, 0) is 38.1 Å². The van der Waals surface area contributed by atoms with Gasteiger partial charge in [0.15, 0.2) is 5.76 Å². The van der Waals surface area contributed by atoms with E-state index in [4.69, 9.17) is 20.8 Å². The van der Waals surface area contributed by atoms with Gasteiger partial charge < -0.3 is 14.1 Å². The maximum absolute atomic E-state index is 12.8. The van der Waals surface area contributed by atoms with Crippen LogP contribution in [0.25, 0.3) is 0 Å². The van der Waals surface area contributed by atoms with Crippen LogP contribution in [0.5, 0.6) is 5.75 Å². The van der Waals surface area contributed by atoms with Crippen LogP contribution < -0.4 is 4.74 Å². The van der Waals surface area contributed by atoms with Crippen molar-refractivity contribution in [1.82, 2.24) is 19.6 Å². The Morgan fingerprint density at radius 3 is 2.65 bits per heavy atom. The minimum absolute atomic E-state index is 0.0846. The molecule has 31 heavy (non-hydrogen) atoms. The predicted octanol–water partition coefficient (Wildman–Crippen LogP) is 3.99. The predicted molar refractivity (Wildman–Crippen MR) is 118 cm³/mol. The Morgan fingerprint density at radius 2 is 1.94 bits per heavy atom. The molecule has 0 saturated carbocycles. The van der Waals surface area contributed by atoms with Crippen LogP contribution in [0.2, 0.25) is 5.02 Å². The van der Waals surface area contributed by atoms with E-state index in [2.05, 4.69) is 23.1 Å². The minimum Gasteiger partial charge on any atom is -0.484 e. The largest absolute Gasteiger partial charge is 0.484 e. The number of ether oxygens (including phenoxy) is 1. The molecule has 1 saturated heterocycles. The number of benzene rings is 1. The lowest BCUT2D eigenvalue weighted by Crippen LogP contribution is -2.48. The number of nitrogens with zero attached hydrogens (tertiary/aromatic N) is 4. The van der Waals surface area contributed by atoms with E-state index in [0.717, 1.165) is 31.9 Å². The van der Waals surface area contributed by atoms with Crippen LogP contribution >= 0.6 is 11.6 Å². The summed E-state index contributed by atoms with van der Waals surface area (Å²) >= 11 is 6.10. The zero-order valence-corrected chi connectivity index (χ0v) is 18.6. The third-order valence-corrected chi connectivity index (χ3v) is 5.82. The number of carbonyl (C=O) groups is 1. The fraction of sp³-hybridized carbons (Fsp3) is 0.391. The zero-order valence-electron chi connectivity index (χ0n) is 17.9. The van der Waals surface area contributed by atoms with Crippen molar-refractivity contribution >= 4 is 17.5 Å². The van der Waals surface area contributed by atoms with Gasteiger partial charge in [0.2, 0.25) is 0 Å². The molecule has 0 bridgehead atoms. The average Bonchev–Trinajstić information content (AvgIpc) is 3.40. The Hall–Kier alpha value is -2.77. The second-order valence-electron chi connectivity index (χ2n) is 7.65. The first-order valence-electron chi connectivity index (χ1n) is 10.5. The summed E-state index contributed by atoms with van der Waals surface area (Å²) in [5, 5.41) is 5.06. The highest BCUT2D eigenvalue weighted by Gasteiger charge is 2.25. The number of aryl methyl sites for hydroxylation is 2. The number of hydrogen-bond donors (Lipinski definition) is 0. The molecule has 1 aliphatic rings. The van der Waals surface area contributed by atoms with Crippen molar-refractivity contribution in [3.63, 3.8) is 0 Å².